The van der Waals surface area contributed by atoms with Crippen LogP contribution in [0.1, 0.15) is 29.7 Å². The second kappa shape index (κ2) is 5.60. The van der Waals surface area contributed by atoms with E-state index in [2.05, 4.69) is 29.5 Å². The standard InChI is InChI=1S/C17H24N6/c1-10-12-5-4-6-13(12)20-16-14(10)15(18-2)21-17(22-16)19-11-7-8-23(3)9-11/h11H,4-9H2,1-3H3,(H2,18,19,20,21,22)/t11-/m1/s1. The van der Waals surface area contributed by atoms with Crippen LogP contribution in [0.3, 0.4) is 0 Å². The highest BCUT2D eigenvalue weighted by molar-refractivity contribution is 5.91. The van der Waals surface area contributed by atoms with Gasteiger partial charge in [-0.2, -0.15) is 9.97 Å². The first-order valence-corrected chi connectivity index (χ1v) is 8.48. The van der Waals surface area contributed by atoms with E-state index in [0.29, 0.717) is 12.0 Å². The lowest BCUT2D eigenvalue weighted by Gasteiger charge is -2.16. The summed E-state index contributed by atoms with van der Waals surface area (Å²) in [6.45, 7) is 4.33. The Morgan fingerprint density at radius 3 is 2.78 bits per heavy atom. The number of hydrogen-bond donors (Lipinski definition) is 2. The van der Waals surface area contributed by atoms with Gasteiger partial charge in [0.25, 0.3) is 0 Å². The van der Waals surface area contributed by atoms with E-state index >= 15 is 0 Å². The molecule has 1 aliphatic carbocycles. The molecule has 2 aliphatic rings. The van der Waals surface area contributed by atoms with Gasteiger partial charge < -0.3 is 15.5 Å². The Morgan fingerprint density at radius 1 is 1.17 bits per heavy atom. The number of rotatable bonds is 3. The van der Waals surface area contributed by atoms with E-state index < -0.39 is 0 Å². The lowest BCUT2D eigenvalue weighted by molar-refractivity contribution is 0.414. The molecule has 1 saturated heterocycles. The highest BCUT2D eigenvalue weighted by atomic mass is 15.2. The van der Waals surface area contributed by atoms with Crippen LogP contribution in [0.25, 0.3) is 11.0 Å². The van der Waals surface area contributed by atoms with Crippen molar-refractivity contribution in [2.45, 2.75) is 38.6 Å². The maximum atomic E-state index is 4.83. The number of nitrogens with zero attached hydrogens (tertiary/aromatic N) is 4. The fraction of sp³-hybridized carbons (Fsp3) is 0.588. The summed E-state index contributed by atoms with van der Waals surface area (Å²) in [5, 5.41) is 7.79. The van der Waals surface area contributed by atoms with E-state index in [9.17, 15) is 0 Å². The largest absolute Gasteiger partial charge is 0.372 e. The highest BCUT2D eigenvalue weighted by Crippen LogP contribution is 2.32. The van der Waals surface area contributed by atoms with Crippen LogP contribution in [0.15, 0.2) is 0 Å². The topological polar surface area (TPSA) is 66.0 Å². The van der Waals surface area contributed by atoms with Gasteiger partial charge >= 0.3 is 0 Å². The molecule has 2 N–H and O–H groups in total. The molecule has 122 valence electrons. The van der Waals surface area contributed by atoms with Crippen molar-refractivity contribution in [3.8, 4) is 0 Å². The Morgan fingerprint density at radius 2 is 2.04 bits per heavy atom. The molecular formula is C17H24N6. The van der Waals surface area contributed by atoms with Gasteiger partial charge in [-0.05, 0) is 57.3 Å². The minimum absolute atomic E-state index is 0.415. The van der Waals surface area contributed by atoms with E-state index in [0.717, 1.165) is 49.2 Å². The number of hydrogen-bond acceptors (Lipinski definition) is 6. The van der Waals surface area contributed by atoms with Gasteiger partial charge in [-0.15, -0.1) is 0 Å². The Kier molecular flexibility index (Phi) is 3.56. The summed E-state index contributed by atoms with van der Waals surface area (Å²) in [7, 11) is 4.07. The first-order chi connectivity index (χ1) is 11.2. The average Bonchev–Trinajstić information content (AvgIpc) is 3.15. The maximum Gasteiger partial charge on any atom is 0.226 e. The summed E-state index contributed by atoms with van der Waals surface area (Å²) in [6, 6.07) is 0.415. The molecule has 0 amide bonds. The monoisotopic (exact) mass is 312 g/mol. The zero-order valence-electron chi connectivity index (χ0n) is 14.1. The van der Waals surface area contributed by atoms with Crippen molar-refractivity contribution in [3.63, 3.8) is 0 Å². The number of anilines is 2. The number of nitrogens with one attached hydrogen (secondary N) is 2. The summed E-state index contributed by atoms with van der Waals surface area (Å²) >= 11 is 0. The fourth-order valence-electron chi connectivity index (χ4n) is 3.89. The van der Waals surface area contributed by atoms with Crippen molar-refractivity contribution in [1.29, 1.82) is 0 Å². The number of fused-ring (bicyclic) bond motifs is 2. The minimum Gasteiger partial charge on any atom is -0.372 e. The van der Waals surface area contributed by atoms with Crippen molar-refractivity contribution in [3.05, 3.63) is 16.8 Å². The van der Waals surface area contributed by atoms with Crippen LogP contribution in [0.4, 0.5) is 11.8 Å². The first kappa shape index (κ1) is 14.6. The van der Waals surface area contributed by atoms with Crippen molar-refractivity contribution in [2.24, 2.45) is 0 Å². The molecule has 2 aromatic heterocycles. The molecule has 4 rings (SSSR count). The number of aromatic nitrogens is 3. The molecule has 0 aromatic carbocycles. The Hall–Kier alpha value is -1.95. The van der Waals surface area contributed by atoms with Crippen molar-refractivity contribution in [1.82, 2.24) is 19.9 Å². The van der Waals surface area contributed by atoms with E-state index in [1.165, 1.54) is 23.2 Å². The van der Waals surface area contributed by atoms with Crippen LogP contribution in [0, 0.1) is 6.92 Å². The predicted octanol–water partition coefficient (Wildman–Crippen LogP) is 1.98. The van der Waals surface area contributed by atoms with Gasteiger partial charge in [-0.3, -0.25) is 0 Å². The van der Waals surface area contributed by atoms with Crippen molar-refractivity contribution in [2.75, 3.05) is 37.8 Å². The van der Waals surface area contributed by atoms with Crippen LogP contribution in [-0.4, -0.2) is 53.1 Å². The van der Waals surface area contributed by atoms with Gasteiger partial charge in [-0.1, -0.05) is 0 Å². The second-order valence-electron chi connectivity index (χ2n) is 6.75. The molecule has 0 unspecified atom stereocenters. The van der Waals surface area contributed by atoms with Gasteiger partial charge in [0, 0.05) is 25.3 Å². The predicted molar refractivity (Wildman–Crippen MR) is 93.2 cm³/mol. The Labute approximate surface area is 136 Å². The number of likely N-dealkylation sites (N-methyl/N-ethyl adjacent to an activating group) is 1. The number of aryl methyl sites for hydroxylation is 2. The van der Waals surface area contributed by atoms with Gasteiger partial charge in [0.1, 0.15) is 5.82 Å². The van der Waals surface area contributed by atoms with Crippen molar-refractivity contribution >= 4 is 22.8 Å². The fourth-order valence-corrected chi connectivity index (χ4v) is 3.89. The first-order valence-electron chi connectivity index (χ1n) is 8.48. The highest BCUT2D eigenvalue weighted by Gasteiger charge is 2.23. The molecule has 2 aromatic rings. The third kappa shape index (κ3) is 2.51. The molecule has 6 heteroatoms. The Bertz CT molecular complexity index is 757. The lowest BCUT2D eigenvalue weighted by atomic mass is 10.1. The van der Waals surface area contributed by atoms with E-state index in [4.69, 9.17) is 15.0 Å². The summed E-state index contributed by atoms with van der Waals surface area (Å²) in [5.74, 6) is 1.57. The van der Waals surface area contributed by atoms with Crippen LogP contribution >= 0.6 is 0 Å². The summed E-state index contributed by atoms with van der Waals surface area (Å²) in [6.07, 6.45) is 4.52. The quantitative estimate of drug-likeness (QED) is 0.903. The van der Waals surface area contributed by atoms with Gasteiger partial charge in [0.05, 0.1) is 5.39 Å². The van der Waals surface area contributed by atoms with Crippen molar-refractivity contribution < 1.29 is 0 Å². The van der Waals surface area contributed by atoms with Crippen LogP contribution in [-0.2, 0) is 12.8 Å². The van der Waals surface area contributed by atoms with E-state index in [1.807, 2.05) is 7.05 Å². The molecule has 23 heavy (non-hydrogen) atoms. The maximum absolute atomic E-state index is 4.83. The second-order valence-corrected chi connectivity index (χ2v) is 6.75. The summed E-state index contributed by atoms with van der Waals surface area (Å²) in [5.41, 5.74) is 4.73. The van der Waals surface area contributed by atoms with Crippen LogP contribution < -0.4 is 10.6 Å². The minimum atomic E-state index is 0.415. The summed E-state index contributed by atoms with van der Waals surface area (Å²) in [4.78, 5) is 16.6. The normalized spacial score (nSPS) is 20.9. The van der Waals surface area contributed by atoms with Crippen LogP contribution in [0.2, 0.25) is 0 Å². The third-order valence-electron chi connectivity index (χ3n) is 5.11. The average molecular weight is 312 g/mol. The van der Waals surface area contributed by atoms with E-state index in [-0.39, 0.29) is 0 Å². The summed E-state index contributed by atoms with van der Waals surface area (Å²) < 4.78 is 0. The molecule has 3 heterocycles. The molecule has 0 bridgehead atoms. The molecular weight excluding hydrogens is 288 g/mol. The van der Waals surface area contributed by atoms with Crippen LogP contribution in [0.5, 0.6) is 0 Å². The molecule has 1 atom stereocenters. The van der Waals surface area contributed by atoms with Gasteiger partial charge in [0.15, 0.2) is 5.65 Å². The molecule has 0 saturated carbocycles. The molecule has 6 nitrogen and oxygen atoms in total. The lowest BCUT2D eigenvalue weighted by Crippen LogP contribution is -2.24. The molecule has 1 fully saturated rings. The molecule has 0 spiro atoms. The number of likely N-dealkylation sites (tertiary alicyclic amines) is 1. The van der Waals surface area contributed by atoms with E-state index in [1.54, 1.807) is 0 Å². The number of pyridine rings is 1. The smallest absolute Gasteiger partial charge is 0.226 e. The van der Waals surface area contributed by atoms with Gasteiger partial charge in [0.2, 0.25) is 5.95 Å². The molecule has 0 radical (unpaired) electrons. The zero-order chi connectivity index (χ0) is 16.0. The Balaban J connectivity index is 1.77. The molecule has 1 aliphatic heterocycles. The third-order valence-corrected chi connectivity index (χ3v) is 5.11. The SMILES string of the molecule is CNc1nc(N[C@@H]2CCN(C)C2)nc2nc3c(c(C)c12)CCC3. The zero-order valence-corrected chi connectivity index (χ0v) is 14.1. The van der Waals surface area contributed by atoms with Gasteiger partial charge in [-0.25, -0.2) is 4.98 Å².